The number of rotatable bonds is 7. The predicted octanol–water partition coefficient (Wildman–Crippen LogP) is 5.31. The van der Waals surface area contributed by atoms with Crippen molar-refractivity contribution in [1.82, 2.24) is 0 Å². The number of methoxy groups -OCH3 is 1. The van der Waals surface area contributed by atoms with Gasteiger partial charge in [0.1, 0.15) is 17.5 Å². The van der Waals surface area contributed by atoms with Crippen LogP contribution in [0.25, 0.3) is 0 Å². The fraction of sp³-hybridized carbons (Fsp3) is 0.231. The zero-order valence-electron chi connectivity index (χ0n) is 16.8. The van der Waals surface area contributed by atoms with Crippen LogP contribution in [0.1, 0.15) is 23.6 Å². The summed E-state index contributed by atoms with van der Waals surface area (Å²) in [6.07, 6.45) is 1.50. The Morgan fingerprint density at radius 3 is 1.66 bits per heavy atom. The zero-order valence-corrected chi connectivity index (χ0v) is 16.8. The molecule has 0 radical (unpaired) electrons. The van der Waals surface area contributed by atoms with E-state index in [1.165, 1.54) is 0 Å². The second-order valence-electron chi connectivity index (χ2n) is 7.17. The SMILES string of the molecule is COC1=CCO[C@H]1[C@H](C)OC(c1ccccc1)(c1ccccc1)c1ccccc1. The van der Waals surface area contributed by atoms with Crippen LogP contribution in [0.4, 0.5) is 0 Å². The molecule has 2 atom stereocenters. The minimum atomic E-state index is -0.770. The zero-order chi connectivity index (χ0) is 20.1. The average molecular weight is 386 g/mol. The fourth-order valence-electron chi connectivity index (χ4n) is 4.06. The smallest absolute Gasteiger partial charge is 0.144 e. The molecular formula is C26H26O3. The highest BCUT2D eigenvalue weighted by molar-refractivity contribution is 5.47. The molecule has 0 amide bonds. The lowest BCUT2D eigenvalue weighted by atomic mass is 9.79. The molecule has 0 unspecified atom stereocenters. The molecule has 0 spiro atoms. The molecule has 0 N–H and O–H groups in total. The summed E-state index contributed by atoms with van der Waals surface area (Å²) >= 11 is 0. The molecule has 0 saturated heterocycles. The van der Waals surface area contributed by atoms with Crippen LogP contribution in [-0.2, 0) is 19.8 Å². The maximum absolute atomic E-state index is 6.97. The highest BCUT2D eigenvalue weighted by atomic mass is 16.6. The largest absolute Gasteiger partial charge is 0.498 e. The molecule has 3 nitrogen and oxygen atoms in total. The lowest BCUT2D eigenvalue weighted by Gasteiger charge is -2.39. The number of benzene rings is 3. The van der Waals surface area contributed by atoms with E-state index in [9.17, 15) is 0 Å². The molecule has 0 aromatic heterocycles. The Morgan fingerprint density at radius 1 is 0.793 bits per heavy atom. The molecule has 3 aromatic rings. The fourth-order valence-corrected chi connectivity index (χ4v) is 4.06. The van der Waals surface area contributed by atoms with E-state index >= 15 is 0 Å². The molecule has 1 aliphatic heterocycles. The highest BCUT2D eigenvalue weighted by Crippen LogP contribution is 2.42. The van der Waals surface area contributed by atoms with Gasteiger partial charge < -0.3 is 14.2 Å². The van der Waals surface area contributed by atoms with Crippen molar-refractivity contribution in [2.24, 2.45) is 0 Å². The van der Waals surface area contributed by atoms with Crippen LogP contribution in [0.3, 0.4) is 0 Å². The lowest BCUT2D eigenvalue weighted by molar-refractivity contribution is -0.102. The van der Waals surface area contributed by atoms with E-state index in [1.54, 1.807) is 7.11 Å². The Labute approximate surface area is 172 Å². The Balaban J connectivity index is 1.87. The van der Waals surface area contributed by atoms with E-state index in [4.69, 9.17) is 14.2 Å². The molecule has 148 valence electrons. The predicted molar refractivity (Wildman–Crippen MR) is 115 cm³/mol. The first-order chi connectivity index (χ1) is 14.3. The van der Waals surface area contributed by atoms with Crippen molar-refractivity contribution >= 4 is 0 Å². The van der Waals surface area contributed by atoms with E-state index < -0.39 is 5.60 Å². The molecule has 0 bridgehead atoms. The van der Waals surface area contributed by atoms with Crippen molar-refractivity contribution < 1.29 is 14.2 Å². The molecule has 0 aliphatic carbocycles. The monoisotopic (exact) mass is 386 g/mol. The normalized spacial score (nSPS) is 17.6. The molecule has 1 aliphatic rings. The van der Waals surface area contributed by atoms with Crippen molar-refractivity contribution in [2.45, 2.75) is 24.7 Å². The van der Waals surface area contributed by atoms with Gasteiger partial charge in [0.05, 0.1) is 19.8 Å². The number of ether oxygens (including phenoxy) is 3. The van der Waals surface area contributed by atoms with Crippen LogP contribution in [0.5, 0.6) is 0 Å². The van der Waals surface area contributed by atoms with Gasteiger partial charge in [-0.25, -0.2) is 0 Å². The van der Waals surface area contributed by atoms with E-state index in [0.29, 0.717) is 6.61 Å². The second-order valence-corrected chi connectivity index (χ2v) is 7.17. The van der Waals surface area contributed by atoms with Crippen molar-refractivity contribution in [3.63, 3.8) is 0 Å². The molecule has 0 fully saturated rings. The van der Waals surface area contributed by atoms with Crippen molar-refractivity contribution in [3.8, 4) is 0 Å². The minimum Gasteiger partial charge on any atom is -0.498 e. The summed E-state index contributed by atoms with van der Waals surface area (Å²) in [5, 5.41) is 0. The maximum Gasteiger partial charge on any atom is 0.144 e. The van der Waals surface area contributed by atoms with Gasteiger partial charge in [-0.15, -0.1) is 0 Å². The van der Waals surface area contributed by atoms with Gasteiger partial charge in [-0.2, -0.15) is 0 Å². The second kappa shape index (κ2) is 8.64. The number of hydrogen-bond acceptors (Lipinski definition) is 3. The van der Waals surface area contributed by atoms with Gasteiger partial charge in [0.15, 0.2) is 0 Å². The van der Waals surface area contributed by atoms with Gasteiger partial charge in [-0.1, -0.05) is 91.0 Å². The summed E-state index contributed by atoms with van der Waals surface area (Å²) < 4.78 is 18.4. The van der Waals surface area contributed by atoms with Gasteiger partial charge in [-0.3, -0.25) is 0 Å². The molecule has 1 heterocycles. The van der Waals surface area contributed by atoms with Gasteiger partial charge in [0.2, 0.25) is 0 Å². The van der Waals surface area contributed by atoms with Gasteiger partial charge in [0, 0.05) is 0 Å². The Morgan fingerprint density at radius 2 is 1.24 bits per heavy atom. The summed E-state index contributed by atoms with van der Waals surface area (Å²) in [5.41, 5.74) is 2.45. The summed E-state index contributed by atoms with van der Waals surface area (Å²) in [6.45, 7) is 2.59. The Kier molecular flexibility index (Phi) is 5.79. The maximum atomic E-state index is 6.97. The first-order valence-corrected chi connectivity index (χ1v) is 9.95. The minimum absolute atomic E-state index is 0.232. The Hall–Kier alpha value is -2.88. The van der Waals surface area contributed by atoms with Crippen LogP contribution in [0.2, 0.25) is 0 Å². The Bertz CT molecular complexity index is 839. The van der Waals surface area contributed by atoms with Crippen LogP contribution in [-0.4, -0.2) is 25.9 Å². The van der Waals surface area contributed by atoms with E-state index in [1.807, 2.05) is 31.2 Å². The van der Waals surface area contributed by atoms with Crippen LogP contribution in [0.15, 0.2) is 103 Å². The summed E-state index contributed by atoms with van der Waals surface area (Å²) in [4.78, 5) is 0. The van der Waals surface area contributed by atoms with Crippen molar-refractivity contribution in [2.75, 3.05) is 13.7 Å². The van der Waals surface area contributed by atoms with Crippen LogP contribution >= 0.6 is 0 Å². The van der Waals surface area contributed by atoms with Crippen molar-refractivity contribution in [3.05, 3.63) is 120 Å². The first-order valence-electron chi connectivity index (χ1n) is 9.95. The first kappa shape index (κ1) is 19.4. The van der Waals surface area contributed by atoms with E-state index in [2.05, 4.69) is 72.8 Å². The van der Waals surface area contributed by atoms with Crippen molar-refractivity contribution in [1.29, 1.82) is 0 Å². The summed E-state index contributed by atoms with van der Waals surface area (Å²) in [7, 11) is 1.68. The summed E-state index contributed by atoms with van der Waals surface area (Å²) in [5.74, 6) is 0.820. The van der Waals surface area contributed by atoms with Gasteiger partial charge >= 0.3 is 0 Å². The third-order valence-corrected chi connectivity index (χ3v) is 5.41. The van der Waals surface area contributed by atoms with E-state index in [0.717, 1.165) is 22.4 Å². The average Bonchev–Trinajstić information content (AvgIpc) is 3.28. The topological polar surface area (TPSA) is 27.7 Å². The van der Waals surface area contributed by atoms with Crippen LogP contribution < -0.4 is 0 Å². The van der Waals surface area contributed by atoms with Gasteiger partial charge in [0.25, 0.3) is 0 Å². The molecule has 3 heteroatoms. The third kappa shape index (κ3) is 3.71. The van der Waals surface area contributed by atoms with E-state index in [-0.39, 0.29) is 12.2 Å². The molecular weight excluding hydrogens is 360 g/mol. The third-order valence-electron chi connectivity index (χ3n) is 5.41. The lowest BCUT2D eigenvalue weighted by Crippen LogP contribution is -2.41. The molecule has 29 heavy (non-hydrogen) atoms. The number of hydrogen-bond donors (Lipinski definition) is 0. The molecule has 4 rings (SSSR count). The quantitative estimate of drug-likeness (QED) is 0.515. The standard InChI is InChI=1S/C26H26O3/c1-20(25-24(27-2)18-19-28-25)29-26(21-12-6-3-7-13-21,22-14-8-4-9-15-22)23-16-10-5-11-17-23/h3-18,20,25H,19H2,1-2H3/t20-,25-/m0/s1. The summed E-state index contributed by atoms with van der Waals surface area (Å²) in [6, 6.07) is 31.1. The molecule has 3 aromatic carbocycles. The van der Waals surface area contributed by atoms with Gasteiger partial charge in [-0.05, 0) is 29.7 Å². The highest BCUT2D eigenvalue weighted by Gasteiger charge is 2.42. The molecule has 0 saturated carbocycles. The van der Waals surface area contributed by atoms with Crippen LogP contribution in [0, 0.1) is 0 Å².